The molecule has 0 radical (unpaired) electrons. The van der Waals surface area contributed by atoms with E-state index in [1.165, 1.54) is 36.4 Å². The van der Waals surface area contributed by atoms with Crippen molar-refractivity contribution in [3.05, 3.63) is 60.2 Å². The van der Waals surface area contributed by atoms with E-state index in [0.717, 1.165) is 4.80 Å². The summed E-state index contributed by atoms with van der Waals surface area (Å²) in [7, 11) is 0. The predicted octanol–water partition coefficient (Wildman–Crippen LogP) is 2.26. The van der Waals surface area contributed by atoms with E-state index in [1.807, 2.05) is 0 Å². The molecule has 0 aliphatic rings. The van der Waals surface area contributed by atoms with Crippen LogP contribution in [0.25, 0.3) is 11.4 Å². The number of aromatic nitrogens is 4. The second kappa shape index (κ2) is 6.30. The first-order valence-electron chi connectivity index (χ1n) is 6.70. The molecule has 1 amide bonds. The first kappa shape index (κ1) is 14.8. The van der Waals surface area contributed by atoms with Gasteiger partial charge in [-0.15, -0.1) is 10.2 Å². The van der Waals surface area contributed by atoms with Gasteiger partial charge in [0.2, 0.25) is 11.7 Å². The van der Waals surface area contributed by atoms with Gasteiger partial charge in [0.25, 0.3) is 0 Å². The Labute approximate surface area is 129 Å². The first-order chi connectivity index (χ1) is 11.1. The van der Waals surface area contributed by atoms with Gasteiger partial charge in [-0.05, 0) is 41.6 Å². The van der Waals surface area contributed by atoms with Crippen LogP contribution in [0, 0.1) is 11.6 Å². The smallest absolute Gasteiger partial charge is 0.248 e. The summed E-state index contributed by atoms with van der Waals surface area (Å²) in [4.78, 5) is 12.9. The van der Waals surface area contributed by atoms with Gasteiger partial charge in [0.05, 0.1) is 5.56 Å². The Morgan fingerprint density at radius 1 is 1.09 bits per heavy atom. The third kappa shape index (κ3) is 3.54. The molecule has 1 aromatic heterocycles. The van der Waals surface area contributed by atoms with Crippen LogP contribution in [-0.2, 0) is 11.3 Å². The van der Waals surface area contributed by atoms with Crippen LogP contribution in [0.3, 0.4) is 0 Å². The van der Waals surface area contributed by atoms with E-state index >= 15 is 0 Å². The number of halogens is 2. The van der Waals surface area contributed by atoms with Crippen molar-refractivity contribution in [1.29, 1.82) is 0 Å². The molecule has 0 bridgehead atoms. The third-order valence-corrected chi connectivity index (χ3v) is 2.98. The molecule has 0 aliphatic carbocycles. The summed E-state index contributed by atoms with van der Waals surface area (Å²) in [5, 5.41) is 14.0. The lowest BCUT2D eigenvalue weighted by molar-refractivity contribution is -0.117. The zero-order valence-electron chi connectivity index (χ0n) is 11.8. The largest absolute Gasteiger partial charge is 0.324 e. The maximum Gasteiger partial charge on any atom is 0.248 e. The number of hydrogen-bond donors (Lipinski definition) is 1. The van der Waals surface area contributed by atoms with Crippen molar-refractivity contribution in [3.63, 3.8) is 0 Å². The maximum absolute atomic E-state index is 13.6. The highest BCUT2D eigenvalue weighted by molar-refractivity contribution is 5.90. The molecule has 0 spiro atoms. The van der Waals surface area contributed by atoms with Gasteiger partial charge in [0.15, 0.2) is 0 Å². The number of amides is 1. The lowest BCUT2D eigenvalue weighted by Crippen LogP contribution is -2.20. The molecule has 8 heteroatoms. The molecule has 0 saturated carbocycles. The quantitative estimate of drug-likeness (QED) is 0.801. The second-order valence-corrected chi connectivity index (χ2v) is 4.68. The van der Waals surface area contributed by atoms with Gasteiger partial charge >= 0.3 is 0 Å². The summed E-state index contributed by atoms with van der Waals surface area (Å²) in [5.41, 5.74) is 0.656. The van der Waals surface area contributed by atoms with Crippen molar-refractivity contribution >= 4 is 11.6 Å². The molecule has 23 heavy (non-hydrogen) atoms. The highest BCUT2D eigenvalue weighted by Gasteiger charge is 2.12. The van der Waals surface area contributed by atoms with Crippen molar-refractivity contribution < 1.29 is 13.6 Å². The van der Waals surface area contributed by atoms with E-state index in [1.54, 1.807) is 12.1 Å². The summed E-state index contributed by atoms with van der Waals surface area (Å²) >= 11 is 0. The van der Waals surface area contributed by atoms with E-state index in [2.05, 4.69) is 20.7 Å². The van der Waals surface area contributed by atoms with Gasteiger partial charge in [-0.1, -0.05) is 12.1 Å². The number of hydrogen-bond acceptors (Lipinski definition) is 4. The summed E-state index contributed by atoms with van der Waals surface area (Å²) in [5.74, 6) is -1.18. The van der Waals surface area contributed by atoms with Gasteiger partial charge in [-0.2, -0.15) is 4.80 Å². The topological polar surface area (TPSA) is 72.7 Å². The van der Waals surface area contributed by atoms with E-state index < -0.39 is 17.5 Å². The minimum Gasteiger partial charge on any atom is -0.324 e. The van der Waals surface area contributed by atoms with Crippen molar-refractivity contribution in [1.82, 2.24) is 20.2 Å². The first-order valence-corrected chi connectivity index (χ1v) is 6.70. The molecule has 0 unspecified atom stereocenters. The molecule has 2 aromatic carbocycles. The van der Waals surface area contributed by atoms with E-state index in [0.29, 0.717) is 5.69 Å². The van der Waals surface area contributed by atoms with Gasteiger partial charge in [-0.25, -0.2) is 8.78 Å². The molecule has 0 aliphatic heterocycles. The normalized spacial score (nSPS) is 10.5. The minimum absolute atomic E-state index is 0.0951. The molecule has 3 aromatic rings. The zero-order chi connectivity index (χ0) is 16.2. The van der Waals surface area contributed by atoms with Crippen molar-refractivity contribution in [2.75, 3.05) is 5.32 Å². The van der Waals surface area contributed by atoms with Gasteiger partial charge < -0.3 is 5.32 Å². The van der Waals surface area contributed by atoms with Crippen LogP contribution in [0.2, 0.25) is 0 Å². The summed E-state index contributed by atoms with van der Waals surface area (Å²) in [6.07, 6.45) is 0. The Balaban J connectivity index is 1.68. The second-order valence-electron chi connectivity index (χ2n) is 4.68. The highest BCUT2D eigenvalue weighted by Crippen LogP contribution is 2.17. The fraction of sp³-hybridized carbons (Fsp3) is 0.0667. The van der Waals surface area contributed by atoms with Crippen molar-refractivity contribution in [3.8, 4) is 11.4 Å². The maximum atomic E-state index is 13.6. The molecular weight excluding hydrogens is 304 g/mol. The number of carbonyl (C=O) groups is 1. The monoisotopic (exact) mass is 315 g/mol. The number of benzene rings is 2. The third-order valence-electron chi connectivity index (χ3n) is 2.98. The standard InChI is InChI=1S/C15H11F2N5O/c16-10-5-7-11(8-6-10)18-14(23)9-22-20-15(19-21-22)12-3-1-2-4-13(12)17/h1-8H,9H2,(H,18,23). The van der Waals surface area contributed by atoms with Crippen LogP contribution in [0.4, 0.5) is 14.5 Å². The average molecular weight is 315 g/mol. The van der Waals surface area contributed by atoms with Crippen LogP contribution in [0.15, 0.2) is 48.5 Å². The summed E-state index contributed by atoms with van der Waals surface area (Å²) in [6, 6.07) is 11.4. The molecule has 0 saturated heterocycles. The fourth-order valence-corrected chi connectivity index (χ4v) is 1.92. The SMILES string of the molecule is O=C(Cn1nnc(-c2ccccc2F)n1)Nc1ccc(F)cc1. The number of tetrazole rings is 1. The highest BCUT2D eigenvalue weighted by atomic mass is 19.1. The number of anilines is 1. The van der Waals surface area contributed by atoms with E-state index in [-0.39, 0.29) is 17.9 Å². The van der Waals surface area contributed by atoms with E-state index in [9.17, 15) is 13.6 Å². The molecule has 0 fully saturated rings. The Morgan fingerprint density at radius 3 is 2.57 bits per heavy atom. The molecule has 1 N–H and O–H groups in total. The fourth-order valence-electron chi connectivity index (χ4n) is 1.92. The van der Waals surface area contributed by atoms with Crippen LogP contribution < -0.4 is 5.32 Å². The lowest BCUT2D eigenvalue weighted by Gasteiger charge is -2.03. The summed E-state index contributed by atoms with van der Waals surface area (Å²) < 4.78 is 26.4. The number of rotatable bonds is 4. The Morgan fingerprint density at radius 2 is 1.83 bits per heavy atom. The number of carbonyl (C=O) groups excluding carboxylic acids is 1. The molecule has 6 nitrogen and oxygen atoms in total. The van der Waals surface area contributed by atoms with Crippen LogP contribution in [0.5, 0.6) is 0 Å². The van der Waals surface area contributed by atoms with Crippen LogP contribution in [-0.4, -0.2) is 26.1 Å². The minimum atomic E-state index is -0.470. The van der Waals surface area contributed by atoms with Gasteiger partial charge in [0.1, 0.15) is 18.2 Å². The molecular formula is C15H11F2N5O. The van der Waals surface area contributed by atoms with Gasteiger partial charge in [0, 0.05) is 5.69 Å². The number of nitrogens with one attached hydrogen (secondary N) is 1. The average Bonchev–Trinajstić information content (AvgIpc) is 2.98. The Bertz CT molecular complexity index is 832. The molecule has 3 rings (SSSR count). The van der Waals surface area contributed by atoms with Gasteiger partial charge in [-0.3, -0.25) is 4.79 Å². The number of nitrogens with zero attached hydrogens (tertiary/aromatic N) is 4. The Hall–Kier alpha value is -3.16. The predicted molar refractivity (Wildman–Crippen MR) is 78.2 cm³/mol. The van der Waals surface area contributed by atoms with E-state index in [4.69, 9.17) is 0 Å². The van der Waals surface area contributed by atoms with Crippen molar-refractivity contribution in [2.24, 2.45) is 0 Å². The van der Waals surface area contributed by atoms with Crippen LogP contribution in [0.1, 0.15) is 0 Å². The van der Waals surface area contributed by atoms with Crippen molar-refractivity contribution in [2.45, 2.75) is 6.54 Å². The Kier molecular flexibility index (Phi) is 4.05. The molecule has 0 atom stereocenters. The zero-order valence-corrected chi connectivity index (χ0v) is 11.8. The molecule has 1 heterocycles. The lowest BCUT2D eigenvalue weighted by atomic mass is 10.2. The van der Waals surface area contributed by atoms with Crippen LogP contribution >= 0.6 is 0 Å². The molecule has 116 valence electrons. The summed E-state index contributed by atoms with van der Waals surface area (Å²) in [6.45, 7) is -0.196.